The molecule has 4 aliphatic heterocycles. The van der Waals surface area contributed by atoms with E-state index >= 15 is 0 Å². The molecule has 2 amide bonds. The van der Waals surface area contributed by atoms with Crippen LogP contribution >= 0.6 is 53.9 Å². The minimum atomic E-state index is -1.28. The summed E-state index contributed by atoms with van der Waals surface area (Å²) in [4.78, 5) is 46.2. The number of carbonyl (C=O) groups is 3. The largest absolute Gasteiger partial charge is 0.505 e. The maximum atomic E-state index is 13.7. The van der Waals surface area contributed by atoms with Crippen molar-refractivity contribution in [3.63, 3.8) is 0 Å². The van der Waals surface area contributed by atoms with E-state index in [2.05, 4.69) is 62.2 Å². The summed E-state index contributed by atoms with van der Waals surface area (Å²) in [6.07, 6.45) is 5.30. The number of benzene rings is 4. The number of piperazine rings is 1. The minimum absolute atomic E-state index is 0.0535. The summed E-state index contributed by atoms with van der Waals surface area (Å²) in [6.45, 7) is 9.62. The minimum Gasteiger partial charge on any atom is -0.505 e. The van der Waals surface area contributed by atoms with E-state index in [1.807, 2.05) is 34.1 Å². The Morgan fingerprint density at radius 2 is 1.53 bits per heavy atom. The molecule has 1 spiro atoms. The number of hydrogen-bond acceptors (Lipinski definition) is 8. The predicted molar refractivity (Wildman–Crippen MR) is 244 cm³/mol. The third-order valence-electron chi connectivity index (χ3n) is 12.2. The zero-order chi connectivity index (χ0) is 42.5. The number of ether oxygens (including phenoxy) is 3. The molecule has 0 aromatic heterocycles. The number of fused-ring (bicyclic) bond motifs is 7. The van der Waals surface area contributed by atoms with E-state index in [0.29, 0.717) is 86.1 Å². The molecule has 0 radical (unpaired) electrons. The molecule has 60 heavy (non-hydrogen) atoms. The number of nitrogens with zero attached hydrogens (tertiary/aromatic N) is 3. The quantitative estimate of drug-likeness (QED) is 0.0900. The Morgan fingerprint density at radius 3 is 2.22 bits per heavy atom. The van der Waals surface area contributed by atoms with Gasteiger partial charge in [0, 0.05) is 97.7 Å². The maximum absolute atomic E-state index is 13.7. The molecule has 0 aliphatic carbocycles. The van der Waals surface area contributed by atoms with Crippen LogP contribution in [0.5, 0.6) is 28.7 Å². The summed E-state index contributed by atoms with van der Waals surface area (Å²) in [5, 5.41) is 10.2. The number of unbranched alkanes of at least 4 members (excludes halogenated alkanes) is 1. The van der Waals surface area contributed by atoms with Crippen molar-refractivity contribution in [2.45, 2.75) is 76.4 Å². The van der Waals surface area contributed by atoms with Crippen LogP contribution in [0.4, 0.5) is 5.69 Å². The van der Waals surface area contributed by atoms with Gasteiger partial charge in [0.1, 0.15) is 23.0 Å². The van der Waals surface area contributed by atoms with Crippen molar-refractivity contribution in [2.75, 3.05) is 43.8 Å². The average Bonchev–Trinajstić information content (AvgIpc) is 3.50. The predicted octanol–water partition coefficient (Wildman–Crippen LogP) is 11.4. The van der Waals surface area contributed by atoms with Gasteiger partial charge in [0.25, 0.3) is 0 Å². The fourth-order valence-electron chi connectivity index (χ4n) is 9.30. The first-order chi connectivity index (χ1) is 28.7. The van der Waals surface area contributed by atoms with Crippen molar-refractivity contribution < 1.29 is 33.7 Å². The number of amides is 2. The van der Waals surface area contributed by atoms with Gasteiger partial charge in [0.15, 0.2) is 11.4 Å². The highest BCUT2D eigenvalue weighted by Gasteiger charge is 2.54. The van der Waals surface area contributed by atoms with Gasteiger partial charge in [-0.1, -0.05) is 72.7 Å². The topological polar surface area (TPSA) is 109 Å². The van der Waals surface area contributed by atoms with Gasteiger partial charge in [-0.2, -0.15) is 0 Å². The molecule has 4 aromatic carbocycles. The van der Waals surface area contributed by atoms with Crippen LogP contribution < -0.4 is 14.4 Å². The van der Waals surface area contributed by atoms with Gasteiger partial charge in [-0.3, -0.25) is 9.59 Å². The zero-order valence-corrected chi connectivity index (χ0v) is 39.0. The first-order valence-corrected chi connectivity index (χ1v) is 26.3. The van der Waals surface area contributed by atoms with Crippen molar-refractivity contribution in [3.8, 4) is 28.7 Å². The van der Waals surface area contributed by atoms with Crippen LogP contribution in [-0.4, -0.2) is 77.1 Å². The van der Waals surface area contributed by atoms with Crippen LogP contribution in [0, 0.1) is 0 Å². The molecule has 1 fully saturated rings. The average molecular weight is 956 g/mol. The number of carbonyl (C=O) groups excluding carboxylic acids is 3. The second-order valence-corrected chi connectivity index (χ2v) is 25.6. The second kappa shape index (κ2) is 17.3. The normalized spacial score (nSPS) is 20.4. The Labute approximate surface area is 372 Å². The summed E-state index contributed by atoms with van der Waals surface area (Å²) in [6, 6.07) is 20.0. The molecule has 4 aromatic rings. The van der Waals surface area contributed by atoms with Gasteiger partial charge in [-0.25, -0.2) is 4.79 Å². The van der Waals surface area contributed by atoms with Gasteiger partial charge >= 0.3 is 5.97 Å². The van der Waals surface area contributed by atoms with Crippen LogP contribution in [-0.2, 0) is 19.9 Å². The molecule has 4 aliphatic rings. The Balaban J connectivity index is 1.05. The van der Waals surface area contributed by atoms with Crippen LogP contribution in [0.25, 0.3) is 0 Å². The molecule has 4 unspecified atom stereocenters. The van der Waals surface area contributed by atoms with Crippen LogP contribution in [0.1, 0.15) is 97.8 Å². The zero-order valence-electron chi connectivity index (χ0n) is 33.8. The lowest BCUT2D eigenvalue weighted by Crippen LogP contribution is -2.51. The van der Waals surface area contributed by atoms with E-state index < -0.39 is 11.6 Å². The Hall–Kier alpha value is -3.59. The lowest BCUT2D eigenvalue weighted by Gasteiger charge is -2.49. The molecule has 8 rings (SSSR count). The fourth-order valence-corrected chi connectivity index (χ4v) is 11.6. The van der Waals surface area contributed by atoms with E-state index in [0.717, 1.165) is 47.8 Å². The SMILES string of the molecule is CC1CC(C)(C)N(CCCC(=O)N2CCN(C(=O)CCCCP(P)Br)CC2)c2cc3c(cc21)C1(OC(=O)c2ccccc21)c1ccc(Oc2cc(Cl)c(O)c(Cl)c2)cc1O3. The molecule has 15 heteroatoms. The number of halogens is 3. The fraction of sp³-hybridized carbons (Fsp3) is 0.400. The molecule has 1 saturated heterocycles. The Bertz CT molecular complexity index is 2330. The van der Waals surface area contributed by atoms with E-state index in [1.165, 1.54) is 12.1 Å². The number of anilines is 1. The number of phenols is 1. The molecule has 4 heterocycles. The van der Waals surface area contributed by atoms with Crippen molar-refractivity contribution in [1.29, 1.82) is 0 Å². The van der Waals surface area contributed by atoms with Gasteiger partial charge in [0.2, 0.25) is 11.8 Å². The molecule has 10 nitrogen and oxygen atoms in total. The summed E-state index contributed by atoms with van der Waals surface area (Å²) in [7, 11) is 2.80. The lowest BCUT2D eigenvalue weighted by atomic mass is 9.74. The van der Waals surface area contributed by atoms with Crippen LogP contribution in [0.15, 0.2) is 66.7 Å². The number of phenolic OH excluding ortho intramolecular Hbond substituents is 1. The molecular weight excluding hydrogens is 907 g/mol. The molecule has 1 N–H and O–H groups in total. The highest BCUT2D eigenvalue weighted by Crippen LogP contribution is 2.59. The molecule has 4 atom stereocenters. The highest BCUT2D eigenvalue weighted by atomic mass is 79.9. The first-order valence-electron chi connectivity index (χ1n) is 20.4. The van der Waals surface area contributed by atoms with Gasteiger partial charge in [0.05, 0.1) is 15.6 Å². The number of rotatable bonds is 11. The summed E-state index contributed by atoms with van der Waals surface area (Å²) < 4.78 is 19.4. The monoisotopic (exact) mass is 953 g/mol. The third-order valence-corrected chi connectivity index (χ3v) is 15.3. The van der Waals surface area contributed by atoms with Crippen molar-refractivity contribution in [2.24, 2.45) is 0 Å². The Kier molecular flexibility index (Phi) is 12.4. The molecule has 316 valence electrons. The van der Waals surface area contributed by atoms with E-state index in [-0.39, 0.29) is 45.4 Å². The summed E-state index contributed by atoms with van der Waals surface area (Å²) in [5.41, 5.74) is 3.25. The number of aromatic hydroxyl groups is 1. The van der Waals surface area contributed by atoms with Gasteiger partial charge in [-0.05, 0) is 87.8 Å². The van der Waals surface area contributed by atoms with Crippen molar-refractivity contribution in [3.05, 3.63) is 105 Å². The van der Waals surface area contributed by atoms with E-state index in [1.54, 1.807) is 18.2 Å². The van der Waals surface area contributed by atoms with E-state index in [9.17, 15) is 19.5 Å². The van der Waals surface area contributed by atoms with Crippen molar-refractivity contribution in [1.82, 2.24) is 9.80 Å². The lowest BCUT2D eigenvalue weighted by molar-refractivity contribution is -0.139. The second-order valence-electron chi connectivity index (χ2n) is 16.6. The highest BCUT2D eigenvalue weighted by molar-refractivity contribution is 9.44. The Morgan fingerprint density at radius 1 is 0.883 bits per heavy atom. The standard InChI is InChI=1S/C45H48BrCl2N3O7P2/c1-27-26-44(2,3)51(15-8-12-41(53)50-18-16-49(17-19-50)40(52)11-6-7-20-60(46)59)37-25-39-34(24-31(27)37)45(32-10-5-4-9-30(32)43(55)58-45)33-14-13-28(23-38(33)57-39)56-29-21-35(47)42(54)36(48)22-29/h4-5,9-10,13-14,21-25,27,54H,6-8,11-12,15-20,26,59H2,1-3H3. The van der Waals surface area contributed by atoms with E-state index in [4.69, 9.17) is 37.4 Å². The number of hydrogen-bond donors (Lipinski definition) is 1. The third kappa shape index (κ3) is 8.22. The van der Waals surface area contributed by atoms with Gasteiger partial charge < -0.3 is 34.0 Å². The smallest absolute Gasteiger partial charge is 0.340 e. The summed E-state index contributed by atoms with van der Waals surface area (Å²) >= 11 is 16.0. The van der Waals surface area contributed by atoms with Crippen LogP contribution in [0.3, 0.4) is 0 Å². The first kappa shape index (κ1) is 43.1. The molecule has 0 saturated carbocycles. The molecular formula is C45H48BrCl2N3O7P2. The number of esters is 1. The van der Waals surface area contributed by atoms with Crippen LogP contribution in [0.2, 0.25) is 10.0 Å². The molecule has 0 bridgehead atoms. The van der Waals surface area contributed by atoms with Crippen molar-refractivity contribution >= 4 is 77.4 Å². The summed E-state index contributed by atoms with van der Waals surface area (Å²) in [5.74, 6) is 1.57. The van der Waals surface area contributed by atoms with Gasteiger partial charge in [-0.15, -0.1) is 0 Å². The maximum Gasteiger partial charge on any atom is 0.340 e.